The first-order valence-electron chi connectivity index (χ1n) is 6.60. The van der Waals surface area contributed by atoms with Crippen LogP contribution in [0.5, 0.6) is 0 Å². The molecule has 7 heteroatoms. The second-order valence-corrected chi connectivity index (χ2v) is 5.81. The maximum Gasteiger partial charge on any atom is 0.435 e. The van der Waals surface area contributed by atoms with Crippen LogP contribution < -0.4 is 5.32 Å². The highest BCUT2D eigenvalue weighted by atomic mass is 35.5. The number of nitrogens with one attached hydrogen (secondary N) is 1. The smallest absolute Gasteiger partial charge is 0.362 e. The number of anilines is 1. The monoisotopic (exact) mass is 307 g/mol. The Hall–Kier alpha value is -1.04. The zero-order valence-corrected chi connectivity index (χ0v) is 11.9. The standard InChI is InChI=1S/C13H17ClF3N3/c1-9-3-2-6-12(7-9,8-14)18-11-5-4-10(19-20-11)13(15,16)17/h4-5,9H,2-3,6-8H2,1H3,(H,18,20). The molecule has 1 aliphatic rings. The summed E-state index contributed by atoms with van der Waals surface area (Å²) in [6.45, 7) is 2.15. The molecule has 0 radical (unpaired) electrons. The summed E-state index contributed by atoms with van der Waals surface area (Å²) in [5.74, 6) is 1.28. The maximum absolute atomic E-state index is 12.4. The third kappa shape index (κ3) is 3.53. The van der Waals surface area contributed by atoms with Crippen molar-refractivity contribution in [1.82, 2.24) is 10.2 Å². The van der Waals surface area contributed by atoms with Crippen LogP contribution in [0.25, 0.3) is 0 Å². The van der Waals surface area contributed by atoms with E-state index >= 15 is 0 Å². The fraction of sp³-hybridized carbons (Fsp3) is 0.692. The molecule has 1 aliphatic carbocycles. The first-order valence-corrected chi connectivity index (χ1v) is 7.13. The number of aromatic nitrogens is 2. The van der Waals surface area contributed by atoms with Crippen LogP contribution in [0.15, 0.2) is 12.1 Å². The molecule has 2 unspecified atom stereocenters. The summed E-state index contributed by atoms with van der Waals surface area (Å²) >= 11 is 6.07. The molecule has 2 rings (SSSR count). The lowest BCUT2D eigenvalue weighted by atomic mass is 9.77. The summed E-state index contributed by atoms with van der Waals surface area (Å²) in [7, 11) is 0. The van der Waals surface area contributed by atoms with E-state index in [9.17, 15) is 13.2 Å². The molecule has 1 aromatic heterocycles. The van der Waals surface area contributed by atoms with Crippen LogP contribution >= 0.6 is 11.6 Å². The number of rotatable bonds is 3. The van der Waals surface area contributed by atoms with E-state index in [-0.39, 0.29) is 5.54 Å². The van der Waals surface area contributed by atoms with Crippen LogP contribution in [-0.2, 0) is 6.18 Å². The van der Waals surface area contributed by atoms with Crippen molar-refractivity contribution in [2.75, 3.05) is 11.2 Å². The van der Waals surface area contributed by atoms with Gasteiger partial charge >= 0.3 is 6.18 Å². The van der Waals surface area contributed by atoms with Gasteiger partial charge in [0, 0.05) is 5.88 Å². The molecule has 0 aliphatic heterocycles. The normalized spacial score (nSPS) is 27.4. The summed E-state index contributed by atoms with van der Waals surface area (Å²) < 4.78 is 37.3. The Bertz CT molecular complexity index is 449. The van der Waals surface area contributed by atoms with E-state index in [0.717, 1.165) is 31.7 Å². The van der Waals surface area contributed by atoms with Gasteiger partial charge in [0.15, 0.2) is 5.69 Å². The second-order valence-electron chi connectivity index (χ2n) is 5.54. The molecule has 2 atom stereocenters. The van der Waals surface area contributed by atoms with Crippen molar-refractivity contribution in [3.05, 3.63) is 17.8 Å². The molecule has 1 fully saturated rings. The largest absolute Gasteiger partial charge is 0.435 e. The molecule has 0 bridgehead atoms. The number of nitrogens with zero attached hydrogens (tertiary/aromatic N) is 2. The number of halogens is 4. The average Bonchev–Trinajstić information content (AvgIpc) is 2.38. The van der Waals surface area contributed by atoms with Gasteiger partial charge < -0.3 is 5.32 Å². The predicted octanol–water partition coefficient (Wildman–Crippen LogP) is 4.10. The van der Waals surface area contributed by atoms with Gasteiger partial charge in [-0.3, -0.25) is 0 Å². The van der Waals surface area contributed by atoms with Crippen LogP contribution in [0.2, 0.25) is 0 Å². The van der Waals surface area contributed by atoms with Crippen molar-refractivity contribution in [3.8, 4) is 0 Å². The molecule has 0 spiro atoms. The number of hydrogen-bond donors (Lipinski definition) is 1. The van der Waals surface area contributed by atoms with E-state index in [1.54, 1.807) is 0 Å². The molecule has 1 aromatic rings. The zero-order chi connectivity index (χ0) is 14.8. The highest BCUT2D eigenvalue weighted by Crippen LogP contribution is 2.35. The Balaban J connectivity index is 2.12. The van der Waals surface area contributed by atoms with Crippen molar-refractivity contribution < 1.29 is 13.2 Å². The van der Waals surface area contributed by atoms with Crippen molar-refractivity contribution in [3.63, 3.8) is 0 Å². The minimum Gasteiger partial charge on any atom is -0.362 e. The van der Waals surface area contributed by atoms with Crippen LogP contribution in [0.1, 0.15) is 38.3 Å². The molecule has 20 heavy (non-hydrogen) atoms. The minimum atomic E-state index is -4.46. The first kappa shape index (κ1) is 15.4. The van der Waals surface area contributed by atoms with Crippen LogP contribution in [0, 0.1) is 5.92 Å². The number of alkyl halides is 4. The molecule has 0 amide bonds. The second kappa shape index (κ2) is 5.76. The summed E-state index contributed by atoms with van der Waals surface area (Å²) in [6.07, 6.45) is -0.480. The van der Waals surface area contributed by atoms with Gasteiger partial charge in [0.05, 0.1) is 5.54 Å². The average molecular weight is 308 g/mol. The van der Waals surface area contributed by atoms with Gasteiger partial charge in [-0.1, -0.05) is 19.8 Å². The van der Waals surface area contributed by atoms with Gasteiger partial charge in [-0.05, 0) is 30.9 Å². The summed E-state index contributed by atoms with van der Waals surface area (Å²) in [4.78, 5) is 0. The molecule has 0 saturated heterocycles. The summed E-state index contributed by atoms with van der Waals surface area (Å²) in [5.41, 5.74) is -1.28. The van der Waals surface area contributed by atoms with E-state index in [4.69, 9.17) is 11.6 Å². The highest BCUT2D eigenvalue weighted by molar-refractivity contribution is 6.18. The molecule has 112 valence electrons. The predicted molar refractivity (Wildman–Crippen MR) is 71.7 cm³/mol. The molecular weight excluding hydrogens is 291 g/mol. The van der Waals surface area contributed by atoms with Gasteiger partial charge in [0.2, 0.25) is 0 Å². The molecule has 1 heterocycles. The third-order valence-corrected chi connectivity index (χ3v) is 4.21. The maximum atomic E-state index is 12.4. The molecule has 3 nitrogen and oxygen atoms in total. The quantitative estimate of drug-likeness (QED) is 0.855. The zero-order valence-electron chi connectivity index (χ0n) is 11.2. The Kier molecular flexibility index (Phi) is 4.42. The summed E-state index contributed by atoms with van der Waals surface area (Å²) in [5, 5.41) is 10.0. The van der Waals surface area contributed by atoms with Gasteiger partial charge in [0.1, 0.15) is 5.82 Å². The van der Waals surface area contributed by atoms with Gasteiger partial charge in [-0.2, -0.15) is 13.2 Å². The van der Waals surface area contributed by atoms with E-state index in [1.165, 1.54) is 6.07 Å². The van der Waals surface area contributed by atoms with Crippen LogP contribution in [0.4, 0.5) is 19.0 Å². The first-order chi connectivity index (χ1) is 9.35. The van der Waals surface area contributed by atoms with Crippen molar-refractivity contribution in [1.29, 1.82) is 0 Å². The van der Waals surface area contributed by atoms with E-state index < -0.39 is 11.9 Å². The highest BCUT2D eigenvalue weighted by Gasteiger charge is 2.36. The molecule has 1 N–H and O–H groups in total. The van der Waals surface area contributed by atoms with E-state index in [0.29, 0.717) is 17.6 Å². The van der Waals surface area contributed by atoms with Gasteiger partial charge in [-0.15, -0.1) is 21.8 Å². The Morgan fingerprint density at radius 1 is 1.40 bits per heavy atom. The fourth-order valence-electron chi connectivity index (χ4n) is 2.75. The SMILES string of the molecule is CC1CCCC(CCl)(Nc2ccc(C(F)(F)F)nn2)C1. The van der Waals surface area contributed by atoms with Crippen LogP contribution in [0.3, 0.4) is 0 Å². The van der Waals surface area contributed by atoms with Crippen molar-refractivity contribution in [2.45, 2.75) is 44.3 Å². The topological polar surface area (TPSA) is 37.8 Å². The molecular formula is C13H17ClF3N3. The fourth-order valence-corrected chi connectivity index (χ4v) is 3.06. The van der Waals surface area contributed by atoms with E-state index in [2.05, 4.69) is 22.4 Å². The lowest BCUT2D eigenvalue weighted by Gasteiger charge is -2.39. The molecule has 1 saturated carbocycles. The minimum absolute atomic E-state index is 0.298. The third-order valence-electron chi connectivity index (χ3n) is 3.70. The lowest BCUT2D eigenvalue weighted by Crippen LogP contribution is -2.44. The lowest BCUT2D eigenvalue weighted by molar-refractivity contribution is -0.141. The van der Waals surface area contributed by atoms with Crippen molar-refractivity contribution in [2.24, 2.45) is 5.92 Å². The Morgan fingerprint density at radius 2 is 2.15 bits per heavy atom. The Labute approximate surface area is 120 Å². The Morgan fingerprint density at radius 3 is 2.65 bits per heavy atom. The van der Waals surface area contributed by atoms with Gasteiger partial charge in [-0.25, -0.2) is 0 Å². The van der Waals surface area contributed by atoms with Gasteiger partial charge in [0.25, 0.3) is 0 Å². The van der Waals surface area contributed by atoms with Crippen molar-refractivity contribution >= 4 is 17.4 Å². The van der Waals surface area contributed by atoms with E-state index in [1.807, 2.05) is 0 Å². The molecule has 0 aromatic carbocycles. The van der Waals surface area contributed by atoms with Crippen LogP contribution in [-0.4, -0.2) is 21.6 Å². The number of hydrogen-bond acceptors (Lipinski definition) is 3. The summed E-state index contributed by atoms with van der Waals surface area (Å²) in [6, 6.07) is 2.24.